The van der Waals surface area contributed by atoms with Gasteiger partial charge in [0.05, 0.1) is 12.6 Å². The maximum atomic E-state index is 13.7. The van der Waals surface area contributed by atoms with Gasteiger partial charge in [0.15, 0.2) is 5.78 Å². The highest BCUT2D eigenvalue weighted by atomic mass is 16.5. The van der Waals surface area contributed by atoms with E-state index in [1.54, 1.807) is 19.2 Å². The van der Waals surface area contributed by atoms with Gasteiger partial charge >= 0.3 is 0 Å². The largest absolute Gasteiger partial charge is 0.496 e. The second-order valence-electron chi connectivity index (χ2n) is 11.0. The summed E-state index contributed by atoms with van der Waals surface area (Å²) in [5.41, 5.74) is 6.98. The van der Waals surface area contributed by atoms with Crippen molar-refractivity contribution in [1.82, 2.24) is 0 Å². The van der Waals surface area contributed by atoms with Gasteiger partial charge in [-0.1, -0.05) is 60.2 Å². The lowest BCUT2D eigenvalue weighted by molar-refractivity contribution is 0.0748. The summed E-state index contributed by atoms with van der Waals surface area (Å²) in [4.78, 5) is 13.7. The first-order chi connectivity index (χ1) is 19.1. The standard InChI is InChI=1S/C35H35NO4/c1-21-11-13-24(14-12-21)33(37)34(38)32-27(17-18-28-31(32)23(3)20-35(4,5)36-28)26-16-15-25(19-30(26)39-6)40-29-10-8-7-9-22(29)2/h7-20,34,36,38H,1-6H3. The summed E-state index contributed by atoms with van der Waals surface area (Å²) in [7, 11) is 1.61. The lowest BCUT2D eigenvalue weighted by Crippen LogP contribution is -2.32. The van der Waals surface area contributed by atoms with E-state index in [2.05, 4.69) is 25.2 Å². The molecule has 1 atom stereocenters. The zero-order valence-corrected chi connectivity index (χ0v) is 23.8. The third kappa shape index (κ3) is 5.25. The van der Waals surface area contributed by atoms with Gasteiger partial charge < -0.3 is 19.9 Å². The number of aliphatic hydroxyl groups is 1. The molecule has 0 radical (unpaired) electrons. The molecule has 1 aliphatic heterocycles. The van der Waals surface area contributed by atoms with Crippen LogP contribution in [0.15, 0.2) is 84.9 Å². The molecule has 40 heavy (non-hydrogen) atoms. The molecule has 0 saturated carbocycles. The molecule has 0 bridgehead atoms. The van der Waals surface area contributed by atoms with Gasteiger partial charge in [-0.25, -0.2) is 0 Å². The molecule has 2 N–H and O–H groups in total. The number of fused-ring (bicyclic) bond motifs is 1. The smallest absolute Gasteiger partial charge is 0.195 e. The molecule has 0 spiro atoms. The van der Waals surface area contributed by atoms with E-state index in [9.17, 15) is 9.90 Å². The average molecular weight is 534 g/mol. The first-order valence-corrected chi connectivity index (χ1v) is 13.4. The zero-order valence-electron chi connectivity index (χ0n) is 23.8. The number of allylic oxidation sites excluding steroid dienone is 1. The van der Waals surface area contributed by atoms with Crippen molar-refractivity contribution in [1.29, 1.82) is 0 Å². The SMILES string of the molecule is COc1cc(Oc2ccccc2C)ccc1-c1ccc2c(c1C(O)C(=O)c1ccc(C)cc1)C(C)=CC(C)(C)N2. The number of aryl methyl sites for hydroxylation is 2. The van der Waals surface area contributed by atoms with E-state index in [1.165, 1.54) is 0 Å². The molecule has 0 fully saturated rings. The molecule has 1 aliphatic rings. The van der Waals surface area contributed by atoms with Crippen LogP contribution in [-0.2, 0) is 0 Å². The van der Waals surface area contributed by atoms with Gasteiger partial charge in [0, 0.05) is 34.0 Å². The fourth-order valence-corrected chi connectivity index (χ4v) is 5.43. The van der Waals surface area contributed by atoms with Gasteiger partial charge in [0.2, 0.25) is 0 Å². The Balaban J connectivity index is 1.66. The van der Waals surface area contributed by atoms with Gasteiger partial charge in [0.1, 0.15) is 23.4 Å². The number of nitrogens with one attached hydrogen (secondary N) is 1. The van der Waals surface area contributed by atoms with E-state index in [1.807, 2.05) is 87.5 Å². The number of carbonyl (C=O) groups excluding carboxylic acids is 1. The van der Waals surface area contributed by atoms with Crippen LogP contribution in [0.2, 0.25) is 0 Å². The molecule has 0 amide bonds. The number of aliphatic hydroxyl groups excluding tert-OH is 1. The Hall–Kier alpha value is -4.35. The van der Waals surface area contributed by atoms with Gasteiger partial charge in [0.25, 0.3) is 0 Å². The fourth-order valence-electron chi connectivity index (χ4n) is 5.43. The summed E-state index contributed by atoms with van der Waals surface area (Å²) >= 11 is 0. The van der Waals surface area contributed by atoms with Crippen LogP contribution >= 0.6 is 0 Å². The van der Waals surface area contributed by atoms with Crippen LogP contribution in [0.25, 0.3) is 16.7 Å². The van der Waals surface area contributed by atoms with Crippen LogP contribution in [0.3, 0.4) is 0 Å². The van der Waals surface area contributed by atoms with Crippen LogP contribution in [-0.4, -0.2) is 23.5 Å². The van der Waals surface area contributed by atoms with E-state index in [-0.39, 0.29) is 11.3 Å². The molecule has 0 aromatic heterocycles. The third-order valence-electron chi connectivity index (χ3n) is 7.32. The zero-order chi connectivity index (χ0) is 28.6. The number of anilines is 1. The van der Waals surface area contributed by atoms with Crippen LogP contribution in [0.4, 0.5) is 5.69 Å². The molecular formula is C35H35NO4. The van der Waals surface area contributed by atoms with E-state index in [4.69, 9.17) is 9.47 Å². The Kier molecular flexibility index (Phi) is 7.26. The van der Waals surface area contributed by atoms with Crippen molar-refractivity contribution >= 4 is 17.0 Å². The molecule has 4 aromatic carbocycles. The highest BCUT2D eigenvalue weighted by Crippen LogP contribution is 2.46. The predicted molar refractivity (Wildman–Crippen MR) is 162 cm³/mol. The molecule has 5 rings (SSSR count). The monoisotopic (exact) mass is 533 g/mol. The molecule has 4 aromatic rings. The summed E-state index contributed by atoms with van der Waals surface area (Å²) in [5.74, 6) is 1.62. The second-order valence-corrected chi connectivity index (χ2v) is 11.0. The van der Waals surface area contributed by atoms with Crippen molar-refractivity contribution in [3.05, 3.63) is 113 Å². The summed E-state index contributed by atoms with van der Waals surface area (Å²) in [5, 5.41) is 15.3. The Morgan fingerprint density at radius 3 is 2.27 bits per heavy atom. The Labute approximate surface area is 236 Å². The number of carbonyl (C=O) groups is 1. The quantitative estimate of drug-likeness (QED) is 0.234. The number of ketones is 1. The van der Waals surface area contributed by atoms with Gasteiger partial charge in [-0.15, -0.1) is 0 Å². The number of methoxy groups -OCH3 is 1. The minimum atomic E-state index is -1.38. The minimum Gasteiger partial charge on any atom is -0.496 e. The first kappa shape index (κ1) is 27.2. The van der Waals surface area contributed by atoms with E-state index in [0.717, 1.165) is 44.8 Å². The Morgan fingerprint density at radius 1 is 0.875 bits per heavy atom. The molecule has 5 nitrogen and oxygen atoms in total. The number of Topliss-reactive ketones (excluding diaryl/α,β-unsaturated/α-hetero) is 1. The molecule has 1 heterocycles. The van der Waals surface area contributed by atoms with Crippen molar-refractivity contribution < 1.29 is 19.4 Å². The van der Waals surface area contributed by atoms with Gasteiger partial charge in [-0.3, -0.25) is 4.79 Å². The molecule has 0 saturated heterocycles. The molecule has 1 unspecified atom stereocenters. The van der Waals surface area contributed by atoms with Crippen molar-refractivity contribution in [2.45, 2.75) is 46.3 Å². The highest BCUT2D eigenvalue weighted by Gasteiger charge is 2.32. The summed E-state index contributed by atoms with van der Waals surface area (Å²) in [6.07, 6.45) is 0.744. The molecular weight excluding hydrogens is 498 g/mol. The number of benzene rings is 4. The first-order valence-electron chi connectivity index (χ1n) is 13.4. The predicted octanol–water partition coefficient (Wildman–Crippen LogP) is 8.30. The van der Waals surface area contributed by atoms with Crippen molar-refractivity contribution in [3.8, 4) is 28.4 Å². The second kappa shape index (κ2) is 10.7. The van der Waals surface area contributed by atoms with Crippen molar-refractivity contribution in [2.75, 3.05) is 12.4 Å². The highest BCUT2D eigenvalue weighted by molar-refractivity contribution is 6.03. The normalized spacial score (nSPS) is 14.4. The van der Waals surface area contributed by atoms with E-state index < -0.39 is 6.10 Å². The van der Waals surface area contributed by atoms with E-state index >= 15 is 0 Å². The van der Waals surface area contributed by atoms with Crippen molar-refractivity contribution in [3.63, 3.8) is 0 Å². The summed E-state index contributed by atoms with van der Waals surface area (Å²) < 4.78 is 12.0. The topological polar surface area (TPSA) is 67.8 Å². The van der Waals surface area contributed by atoms with Gasteiger partial charge in [-0.05, 0) is 75.6 Å². The maximum absolute atomic E-state index is 13.7. The number of hydrogen-bond acceptors (Lipinski definition) is 5. The molecule has 0 aliphatic carbocycles. The average Bonchev–Trinajstić information content (AvgIpc) is 2.92. The molecule has 5 heteroatoms. The number of hydrogen-bond donors (Lipinski definition) is 2. The van der Waals surface area contributed by atoms with Crippen LogP contribution in [0, 0.1) is 13.8 Å². The molecule has 204 valence electrons. The van der Waals surface area contributed by atoms with Crippen LogP contribution < -0.4 is 14.8 Å². The van der Waals surface area contributed by atoms with E-state index in [0.29, 0.717) is 22.6 Å². The Bertz CT molecular complexity index is 1620. The maximum Gasteiger partial charge on any atom is 0.195 e. The lowest BCUT2D eigenvalue weighted by Gasteiger charge is -2.34. The third-order valence-corrected chi connectivity index (χ3v) is 7.32. The minimum absolute atomic E-state index is 0.270. The van der Waals surface area contributed by atoms with Crippen molar-refractivity contribution in [2.24, 2.45) is 0 Å². The summed E-state index contributed by atoms with van der Waals surface area (Å²) in [6.45, 7) is 10.2. The fraction of sp³-hybridized carbons (Fsp3) is 0.229. The van der Waals surface area contributed by atoms with Crippen LogP contribution in [0.5, 0.6) is 17.2 Å². The summed E-state index contributed by atoms with van der Waals surface area (Å²) in [6, 6.07) is 24.7. The number of ether oxygens (including phenoxy) is 2. The lowest BCUT2D eigenvalue weighted by atomic mass is 9.81. The Morgan fingerprint density at radius 2 is 1.57 bits per heavy atom. The van der Waals surface area contributed by atoms with Crippen LogP contribution in [0.1, 0.15) is 59.5 Å². The van der Waals surface area contributed by atoms with Gasteiger partial charge in [-0.2, -0.15) is 0 Å². The number of rotatable bonds is 7. The number of para-hydroxylation sites is 1.